The lowest BCUT2D eigenvalue weighted by Crippen LogP contribution is -2.12. The molecule has 0 saturated carbocycles. The van der Waals surface area contributed by atoms with Gasteiger partial charge in [0.25, 0.3) is 5.91 Å². The SMILES string of the molecule is COc1ccc(C(=O)Nc2ccc(C(F)(F)F)cc2)cc1-c1cccc(N(C)C)c1. The quantitative estimate of drug-likeness (QED) is 0.582. The summed E-state index contributed by atoms with van der Waals surface area (Å²) in [5, 5.41) is 2.63. The van der Waals surface area contributed by atoms with Gasteiger partial charge in [0.2, 0.25) is 0 Å². The number of benzene rings is 3. The van der Waals surface area contributed by atoms with E-state index in [1.165, 1.54) is 12.1 Å². The summed E-state index contributed by atoms with van der Waals surface area (Å²) in [7, 11) is 5.42. The standard InChI is InChI=1S/C23H21F3N2O2/c1-28(2)19-6-4-5-15(13-19)20-14-16(7-12-21(20)30-3)22(29)27-18-10-8-17(9-11-18)23(24,25)26/h4-14H,1-3H3,(H,27,29). The van der Waals surface area contributed by atoms with Crippen molar-refractivity contribution in [2.45, 2.75) is 6.18 Å². The number of ether oxygens (including phenoxy) is 1. The number of methoxy groups -OCH3 is 1. The van der Waals surface area contributed by atoms with Gasteiger partial charge in [0.05, 0.1) is 12.7 Å². The van der Waals surface area contributed by atoms with Gasteiger partial charge in [-0.25, -0.2) is 0 Å². The Morgan fingerprint density at radius 3 is 2.27 bits per heavy atom. The number of hydrogen-bond donors (Lipinski definition) is 1. The van der Waals surface area contributed by atoms with E-state index in [4.69, 9.17) is 4.74 Å². The maximum atomic E-state index is 12.7. The van der Waals surface area contributed by atoms with Crippen molar-refractivity contribution in [2.75, 3.05) is 31.4 Å². The van der Waals surface area contributed by atoms with Crippen molar-refractivity contribution in [1.29, 1.82) is 0 Å². The van der Waals surface area contributed by atoms with Crippen molar-refractivity contribution < 1.29 is 22.7 Å². The number of nitrogens with one attached hydrogen (secondary N) is 1. The van der Waals surface area contributed by atoms with E-state index in [0.29, 0.717) is 11.3 Å². The summed E-state index contributed by atoms with van der Waals surface area (Å²) in [6, 6.07) is 17.1. The van der Waals surface area contributed by atoms with E-state index in [1.807, 2.05) is 43.3 Å². The monoisotopic (exact) mass is 414 g/mol. The second kappa shape index (κ2) is 8.49. The molecule has 0 fully saturated rings. The number of rotatable bonds is 5. The summed E-state index contributed by atoms with van der Waals surface area (Å²) in [5.74, 6) is 0.180. The fourth-order valence-electron chi connectivity index (χ4n) is 2.97. The highest BCUT2D eigenvalue weighted by atomic mass is 19.4. The zero-order chi connectivity index (χ0) is 21.9. The van der Waals surface area contributed by atoms with E-state index in [9.17, 15) is 18.0 Å². The maximum Gasteiger partial charge on any atom is 0.416 e. The summed E-state index contributed by atoms with van der Waals surface area (Å²) < 4.78 is 43.5. The van der Waals surface area contributed by atoms with Crippen molar-refractivity contribution in [3.8, 4) is 16.9 Å². The predicted molar refractivity (Wildman–Crippen MR) is 112 cm³/mol. The first-order chi connectivity index (χ1) is 14.2. The van der Waals surface area contributed by atoms with Gasteiger partial charge in [-0.2, -0.15) is 13.2 Å². The highest BCUT2D eigenvalue weighted by Gasteiger charge is 2.30. The Kier molecular flexibility index (Phi) is 6.01. The number of alkyl halides is 3. The van der Waals surface area contributed by atoms with Crippen molar-refractivity contribution in [3.63, 3.8) is 0 Å². The molecule has 1 amide bonds. The van der Waals surface area contributed by atoms with Gasteiger partial charge in [-0.15, -0.1) is 0 Å². The molecule has 156 valence electrons. The lowest BCUT2D eigenvalue weighted by molar-refractivity contribution is -0.137. The Balaban J connectivity index is 1.89. The third-order valence-electron chi connectivity index (χ3n) is 4.61. The van der Waals surface area contributed by atoms with Crippen LogP contribution in [0.3, 0.4) is 0 Å². The Morgan fingerprint density at radius 1 is 0.967 bits per heavy atom. The van der Waals surface area contributed by atoms with Crippen LogP contribution in [-0.4, -0.2) is 27.1 Å². The van der Waals surface area contributed by atoms with Crippen LogP contribution in [0.2, 0.25) is 0 Å². The summed E-state index contributed by atoms with van der Waals surface area (Å²) in [5.41, 5.74) is 2.48. The minimum Gasteiger partial charge on any atom is -0.496 e. The summed E-state index contributed by atoms with van der Waals surface area (Å²) in [6.07, 6.45) is -4.42. The fraction of sp³-hybridized carbons (Fsp3) is 0.174. The molecule has 0 heterocycles. The zero-order valence-corrected chi connectivity index (χ0v) is 16.7. The second-order valence-corrected chi connectivity index (χ2v) is 6.89. The number of halogens is 3. The number of anilines is 2. The average molecular weight is 414 g/mol. The van der Waals surface area contributed by atoms with Crippen molar-refractivity contribution in [2.24, 2.45) is 0 Å². The van der Waals surface area contributed by atoms with Crippen LogP contribution in [0.5, 0.6) is 5.75 Å². The van der Waals surface area contributed by atoms with Crippen LogP contribution in [0.1, 0.15) is 15.9 Å². The molecule has 0 spiro atoms. The molecule has 0 bridgehead atoms. The van der Waals surface area contributed by atoms with E-state index in [2.05, 4.69) is 5.32 Å². The Hall–Kier alpha value is -3.48. The van der Waals surface area contributed by atoms with Gasteiger partial charge in [-0.1, -0.05) is 12.1 Å². The first-order valence-electron chi connectivity index (χ1n) is 9.13. The van der Waals surface area contributed by atoms with Gasteiger partial charge in [0.15, 0.2) is 0 Å². The predicted octanol–water partition coefficient (Wildman–Crippen LogP) is 5.70. The van der Waals surface area contributed by atoms with Crippen LogP contribution in [0.15, 0.2) is 66.7 Å². The molecule has 0 radical (unpaired) electrons. The number of hydrogen-bond acceptors (Lipinski definition) is 3. The van der Waals surface area contributed by atoms with Gasteiger partial charge in [-0.3, -0.25) is 4.79 Å². The fourth-order valence-corrected chi connectivity index (χ4v) is 2.97. The van der Waals surface area contributed by atoms with Crippen molar-refractivity contribution >= 4 is 17.3 Å². The topological polar surface area (TPSA) is 41.6 Å². The Morgan fingerprint density at radius 2 is 1.67 bits per heavy atom. The molecular weight excluding hydrogens is 393 g/mol. The van der Waals surface area contributed by atoms with Crippen LogP contribution >= 0.6 is 0 Å². The van der Waals surface area contributed by atoms with Gasteiger partial charge >= 0.3 is 6.18 Å². The molecular formula is C23H21F3N2O2. The van der Waals surface area contributed by atoms with Crippen molar-refractivity contribution in [1.82, 2.24) is 0 Å². The Bertz CT molecular complexity index is 1050. The molecule has 0 aliphatic heterocycles. The largest absolute Gasteiger partial charge is 0.496 e. The smallest absolute Gasteiger partial charge is 0.416 e. The van der Waals surface area contributed by atoms with Crippen LogP contribution in [0, 0.1) is 0 Å². The number of amides is 1. The molecule has 4 nitrogen and oxygen atoms in total. The zero-order valence-electron chi connectivity index (χ0n) is 16.7. The van der Waals surface area contributed by atoms with Gasteiger partial charge in [-0.05, 0) is 60.2 Å². The highest BCUT2D eigenvalue weighted by molar-refractivity contribution is 6.05. The minimum absolute atomic E-state index is 0.278. The maximum absolute atomic E-state index is 12.7. The summed E-state index contributed by atoms with van der Waals surface area (Å²) in [6.45, 7) is 0. The van der Waals surface area contributed by atoms with Gasteiger partial charge < -0.3 is 15.0 Å². The molecule has 0 unspecified atom stereocenters. The molecule has 30 heavy (non-hydrogen) atoms. The van der Waals surface area contributed by atoms with Crippen LogP contribution in [-0.2, 0) is 6.18 Å². The van der Waals surface area contributed by atoms with E-state index in [0.717, 1.165) is 28.9 Å². The van der Waals surface area contributed by atoms with E-state index in [-0.39, 0.29) is 5.69 Å². The molecule has 0 aromatic heterocycles. The third kappa shape index (κ3) is 4.74. The van der Waals surface area contributed by atoms with Crippen LogP contribution in [0.4, 0.5) is 24.5 Å². The molecule has 7 heteroatoms. The first kappa shape index (κ1) is 21.2. The van der Waals surface area contributed by atoms with E-state index >= 15 is 0 Å². The van der Waals surface area contributed by atoms with E-state index in [1.54, 1.807) is 25.3 Å². The van der Waals surface area contributed by atoms with Crippen LogP contribution in [0.25, 0.3) is 11.1 Å². The third-order valence-corrected chi connectivity index (χ3v) is 4.61. The number of nitrogens with zero attached hydrogens (tertiary/aromatic N) is 1. The van der Waals surface area contributed by atoms with Gasteiger partial charge in [0, 0.05) is 36.6 Å². The Labute approximate surface area is 172 Å². The lowest BCUT2D eigenvalue weighted by atomic mass is 10.0. The average Bonchev–Trinajstić information content (AvgIpc) is 2.73. The summed E-state index contributed by atoms with van der Waals surface area (Å²) in [4.78, 5) is 14.6. The molecule has 1 N–H and O–H groups in total. The molecule has 0 atom stereocenters. The molecule has 0 aliphatic carbocycles. The normalized spacial score (nSPS) is 11.1. The van der Waals surface area contributed by atoms with Gasteiger partial charge in [0.1, 0.15) is 5.75 Å². The molecule has 0 saturated heterocycles. The number of carbonyl (C=O) groups excluding carboxylic acids is 1. The van der Waals surface area contributed by atoms with E-state index < -0.39 is 17.6 Å². The lowest BCUT2D eigenvalue weighted by Gasteiger charge is -2.16. The summed E-state index contributed by atoms with van der Waals surface area (Å²) >= 11 is 0. The first-order valence-corrected chi connectivity index (χ1v) is 9.13. The molecule has 0 aliphatic rings. The highest BCUT2D eigenvalue weighted by Crippen LogP contribution is 2.33. The second-order valence-electron chi connectivity index (χ2n) is 6.89. The minimum atomic E-state index is -4.42. The molecule has 3 aromatic rings. The van der Waals surface area contributed by atoms with Crippen LogP contribution < -0.4 is 15.0 Å². The number of carbonyl (C=O) groups is 1. The van der Waals surface area contributed by atoms with Crippen molar-refractivity contribution in [3.05, 3.63) is 77.9 Å². The molecule has 3 rings (SSSR count). The molecule has 3 aromatic carbocycles.